The van der Waals surface area contributed by atoms with Crippen LogP contribution >= 0.6 is 12.2 Å². The van der Waals surface area contributed by atoms with Gasteiger partial charge in [-0.1, -0.05) is 19.1 Å². The van der Waals surface area contributed by atoms with E-state index in [9.17, 15) is 9.59 Å². The van der Waals surface area contributed by atoms with Crippen LogP contribution in [-0.4, -0.2) is 41.3 Å². The lowest BCUT2D eigenvalue weighted by Gasteiger charge is -2.29. The number of carbonyl (C=O) groups is 2. The molecule has 1 heterocycles. The van der Waals surface area contributed by atoms with Crippen LogP contribution in [0.25, 0.3) is 0 Å². The van der Waals surface area contributed by atoms with Crippen molar-refractivity contribution in [1.82, 2.24) is 10.2 Å². The number of piperidine rings is 1. The number of hydrogen-bond acceptors (Lipinski definition) is 3. The van der Waals surface area contributed by atoms with E-state index in [0.717, 1.165) is 12.8 Å². The Hall–Kier alpha value is -1.17. The lowest BCUT2D eigenvalue weighted by Crippen LogP contribution is -2.47. The van der Waals surface area contributed by atoms with Crippen molar-refractivity contribution in [3.8, 4) is 0 Å². The number of hydrogen-bond donors (Lipinski definition) is 2. The number of thiocarbonyl (C=S) groups is 1. The summed E-state index contributed by atoms with van der Waals surface area (Å²) in [7, 11) is 0. The highest BCUT2D eigenvalue weighted by Gasteiger charge is 2.25. The molecule has 1 aliphatic rings. The van der Waals surface area contributed by atoms with Gasteiger partial charge in [-0.3, -0.25) is 9.59 Å². The number of likely N-dealkylation sites (tertiary alicyclic amines) is 1. The Morgan fingerprint density at radius 1 is 1.44 bits per heavy atom. The third-order valence-electron chi connectivity index (χ3n) is 2.69. The molecule has 0 aromatic heterocycles. The maximum absolute atomic E-state index is 11.6. The van der Waals surface area contributed by atoms with Gasteiger partial charge >= 0.3 is 11.8 Å². The Balaban J connectivity index is 2.38. The maximum atomic E-state index is 11.6. The van der Waals surface area contributed by atoms with E-state index in [-0.39, 0.29) is 11.5 Å². The first kappa shape index (κ1) is 12.9. The zero-order chi connectivity index (χ0) is 12.1. The summed E-state index contributed by atoms with van der Waals surface area (Å²) in [6.07, 6.45) is 1.91. The standard InChI is InChI=1S/C10H17N3O2S/c1-7-2-4-13(5-3-7)10(15)9(14)12-6-8(11)16/h7H,2-6H2,1H3,(H2,11,16)(H,12,14). The molecular weight excluding hydrogens is 226 g/mol. The molecule has 3 N–H and O–H groups in total. The fourth-order valence-electron chi connectivity index (χ4n) is 1.60. The summed E-state index contributed by atoms with van der Waals surface area (Å²) in [5.74, 6) is -0.478. The summed E-state index contributed by atoms with van der Waals surface area (Å²) >= 11 is 4.61. The van der Waals surface area contributed by atoms with Gasteiger partial charge in [-0.05, 0) is 18.8 Å². The van der Waals surface area contributed by atoms with Gasteiger partial charge in [0.15, 0.2) is 0 Å². The molecule has 1 rings (SSSR count). The second kappa shape index (κ2) is 5.79. The second-order valence-electron chi connectivity index (χ2n) is 4.12. The van der Waals surface area contributed by atoms with Crippen molar-refractivity contribution in [2.24, 2.45) is 11.7 Å². The summed E-state index contributed by atoms with van der Waals surface area (Å²) in [6, 6.07) is 0. The molecule has 5 nitrogen and oxygen atoms in total. The highest BCUT2D eigenvalue weighted by Crippen LogP contribution is 2.15. The number of amides is 2. The third kappa shape index (κ3) is 3.77. The quantitative estimate of drug-likeness (QED) is 0.513. The molecule has 90 valence electrons. The summed E-state index contributed by atoms with van der Waals surface area (Å²) in [6.45, 7) is 3.53. The summed E-state index contributed by atoms with van der Waals surface area (Å²) < 4.78 is 0. The molecule has 16 heavy (non-hydrogen) atoms. The molecular formula is C10H17N3O2S. The highest BCUT2D eigenvalue weighted by molar-refractivity contribution is 7.80. The zero-order valence-corrected chi connectivity index (χ0v) is 10.2. The highest BCUT2D eigenvalue weighted by atomic mass is 32.1. The molecule has 0 radical (unpaired) electrons. The molecule has 0 unspecified atom stereocenters. The van der Waals surface area contributed by atoms with Crippen LogP contribution in [0.4, 0.5) is 0 Å². The second-order valence-corrected chi connectivity index (χ2v) is 4.65. The van der Waals surface area contributed by atoms with Crippen LogP contribution in [0.5, 0.6) is 0 Å². The molecule has 0 spiro atoms. The van der Waals surface area contributed by atoms with E-state index in [1.54, 1.807) is 4.90 Å². The van der Waals surface area contributed by atoms with Gasteiger partial charge in [0, 0.05) is 13.1 Å². The third-order valence-corrected chi connectivity index (χ3v) is 2.83. The van der Waals surface area contributed by atoms with Crippen LogP contribution in [0.15, 0.2) is 0 Å². The molecule has 0 aromatic rings. The number of nitrogens with one attached hydrogen (secondary N) is 1. The number of nitrogens with zero attached hydrogens (tertiary/aromatic N) is 1. The fraction of sp³-hybridized carbons (Fsp3) is 0.700. The molecule has 1 aliphatic heterocycles. The largest absolute Gasteiger partial charge is 0.392 e. The van der Waals surface area contributed by atoms with Crippen LogP contribution in [0.1, 0.15) is 19.8 Å². The minimum atomic E-state index is -0.623. The average Bonchev–Trinajstić information content (AvgIpc) is 2.26. The lowest BCUT2D eigenvalue weighted by molar-refractivity contribution is -0.146. The van der Waals surface area contributed by atoms with Crippen molar-refractivity contribution in [3.63, 3.8) is 0 Å². The molecule has 0 aliphatic carbocycles. The van der Waals surface area contributed by atoms with Crippen molar-refractivity contribution >= 4 is 29.0 Å². The summed E-state index contributed by atoms with van der Waals surface area (Å²) in [5.41, 5.74) is 5.23. The Kier molecular flexibility index (Phi) is 4.67. The van der Waals surface area contributed by atoms with E-state index >= 15 is 0 Å². The average molecular weight is 243 g/mol. The van der Waals surface area contributed by atoms with Crippen LogP contribution in [0.2, 0.25) is 0 Å². The minimum Gasteiger partial charge on any atom is -0.392 e. The van der Waals surface area contributed by atoms with Crippen LogP contribution < -0.4 is 11.1 Å². The summed E-state index contributed by atoms with van der Waals surface area (Å²) in [4.78, 5) is 24.8. The summed E-state index contributed by atoms with van der Waals surface area (Å²) in [5, 5.41) is 2.39. The molecule has 1 fully saturated rings. The first-order valence-electron chi connectivity index (χ1n) is 5.36. The SMILES string of the molecule is CC1CCN(C(=O)C(=O)NCC(N)=S)CC1. The molecule has 2 amide bonds. The van der Waals surface area contributed by atoms with Gasteiger partial charge in [-0.15, -0.1) is 0 Å². The van der Waals surface area contributed by atoms with Crippen molar-refractivity contribution < 1.29 is 9.59 Å². The van der Waals surface area contributed by atoms with E-state index < -0.39 is 11.8 Å². The Labute approximate surface area is 100 Å². The van der Waals surface area contributed by atoms with Crippen LogP contribution in [-0.2, 0) is 9.59 Å². The Bertz CT molecular complexity index is 298. The number of carbonyl (C=O) groups excluding carboxylic acids is 2. The van der Waals surface area contributed by atoms with Crippen molar-refractivity contribution in [2.75, 3.05) is 19.6 Å². The number of nitrogens with two attached hydrogens (primary N) is 1. The van der Waals surface area contributed by atoms with Crippen molar-refractivity contribution in [3.05, 3.63) is 0 Å². The maximum Gasteiger partial charge on any atom is 0.311 e. The lowest BCUT2D eigenvalue weighted by atomic mass is 9.99. The van der Waals surface area contributed by atoms with Gasteiger partial charge < -0.3 is 16.0 Å². The van der Waals surface area contributed by atoms with Crippen LogP contribution in [0, 0.1) is 5.92 Å². The predicted octanol–water partition coefficient (Wildman–Crippen LogP) is -0.353. The van der Waals surface area contributed by atoms with Crippen molar-refractivity contribution in [1.29, 1.82) is 0 Å². The Morgan fingerprint density at radius 2 is 2.00 bits per heavy atom. The van der Waals surface area contributed by atoms with Gasteiger partial charge in [0.2, 0.25) is 0 Å². The normalized spacial score (nSPS) is 16.9. The monoisotopic (exact) mass is 243 g/mol. The van der Waals surface area contributed by atoms with Gasteiger partial charge in [0.1, 0.15) is 0 Å². The minimum absolute atomic E-state index is 0.0736. The Morgan fingerprint density at radius 3 is 2.50 bits per heavy atom. The van der Waals surface area contributed by atoms with E-state index in [1.807, 2.05) is 0 Å². The van der Waals surface area contributed by atoms with E-state index in [4.69, 9.17) is 5.73 Å². The first-order valence-corrected chi connectivity index (χ1v) is 5.77. The van der Waals surface area contributed by atoms with Gasteiger partial charge in [0.05, 0.1) is 11.5 Å². The fourth-order valence-corrected chi connectivity index (χ4v) is 1.67. The van der Waals surface area contributed by atoms with E-state index in [1.165, 1.54) is 0 Å². The van der Waals surface area contributed by atoms with Crippen LogP contribution in [0.3, 0.4) is 0 Å². The smallest absolute Gasteiger partial charge is 0.311 e. The van der Waals surface area contributed by atoms with Gasteiger partial charge in [-0.25, -0.2) is 0 Å². The molecule has 1 saturated heterocycles. The van der Waals surface area contributed by atoms with E-state index in [2.05, 4.69) is 24.5 Å². The molecule has 0 bridgehead atoms. The van der Waals surface area contributed by atoms with Gasteiger partial charge in [0.25, 0.3) is 0 Å². The van der Waals surface area contributed by atoms with Gasteiger partial charge in [-0.2, -0.15) is 0 Å². The zero-order valence-electron chi connectivity index (χ0n) is 9.36. The molecule has 0 saturated carbocycles. The number of rotatable bonds is 2. The first-order chi connectivity index (χ1) is 7.50. The topological polar surface area (TPSA) is 75.4 Å². The molecule has 0 atom stereocenters. The molecule has 0 aromatic carbocycles. The molecule has 6 heteroatoms. The van der Waals surface area contributed by atoms with Crippen molar-refractivity contribution in [2.45, 2.75) is 19.8 Å². The van der Waals surface area contributed by atoms with E-state index in [0.29, 0.717) is 19.0 Å². The predicted molar refractivity (Wildman–Crippen MR) is 64.8 cm³/mol.